The summed E-state index contributed by atoms with van der Waals surface area (Å²) in [6, 6.07) is 11.8. The van der Waals surface area contributed by atoms with Crippen LogP contribution < -0.4 is 4.72 Å². The standard InChI is InChI=1S/C14H13N3O2S/c15-8-5-12-1-3-14(4-2-12)20(18,19)17-11-13-6-9-16-10-7-13/h1-4,6-7,9-10,17H,5,11H2. The molecule has 20 heavy (non-hydrogen) atoms. The zero-order valence-corrected chi connectivity index (χ0v) is 11.5. The normalized spacial score (nSPS) is 10.9. The molecule has 102 valence electrons. The molecule has 0 bridgehead atoms. The van der Waals surface area contributed by atoms with Crippen molar-refractivity contribution >= 4 is 10.0 Å². The number of hydrogen-bond acceptors (Lipinski definition) is 4. The molecule has 0 amide bonds. The van der Waals surface area contributed by atoms with Crippen LogP contribution in [0.15, 0.2) is 53.7 Å². The fourth-order valence-corrected chi connectivity index (χ4v) is 2.66. The van der Waals surface area contributed by atoms with Gasteiger partial charge >= 0.3 is 0 Å². The lowest BCUT2D eigenvalue weighted by Gasteiger charge is -2.07. The van der Waals surface area contributed by atoms with Gasteiger partial charge in [0.25, 0.3) is 0 Å². The van der Waals surface area contributed by atoms with Crippen LogP contribution in [0.5, 0.6) is 0 Å². The fourth-order valence-electron chi connectivity index (χ4n) is 1.64. The highest BCUT2D eigenvalue weighted by Crippen LogP contribution is 2.11. The van der Waals surface area contributed by atoms with Gasteiger partial charge in [0.05, 0.1) is 17.4 Å². The molecule has 2 rings (SSSR count). The highest BCUT2D eigenvalue weighted by atomic mass is 32.2. The molecule has 2 aromatic rings. The van der Waals surface area contributed by atoms with Gasteiger partial charge in [0, 0.05) is 18.9 Å². The smallest absolute Gasteiger partial charge is 0.240 e. The van der Waals surface area contributed by atoms with Crippen molar-refractivity contribution in [2.75, 3.05) is 0 Å². The van der Waals surface area contributed by atoms with Gasteiger partial charge < -0.3 is 0 Å². The molecule has 0 aliphatic carbocycles. The third-order valence-electron chi connectivity index (χ3n) is 2.73. The molecule has 1 aromatic heterocycles. The SMILES string of the molecule is N#CCc1ccc(S(=O)(=O)NCc2ccncc2)cc1. The molecule has 0 aliphatic heterocycles. The van der Waals surface area contributed by atoms with Crippen molar-refractivity contribution in [2.24, 2.45) is 0 Å². The van der Waals surface area contributed by atoms with Gasteiger partial charge in [-0.15, -0.1) is 0 Å². The molecule has 1 N–H and O–H groups in total. The summed E-state index contributed by atoms with van der Waals surface area (Å²) in [6.45, 7) is 0.213. The summed E-state index contributed by atoms with van der Waals surface area (Å²) in [5, 5.41) is 8.57. The van der Waals surface area contributed by atoms with E-state index in [2.05, 4.69) is 9.71 Å². The third kappa shape index (κ3) is 3.63. The number of nitriles is 1. The van der Waals surface area contributed by atoms with Gasteiger partial charge in [-0.25, -0.2) is 13.1 Å². The minimum atomic E-state index is -3.54. The maximum Gasteiger partial charge on any atom is 0.240 e. The van der Waals surface area contributed by atoms with E-state index < -0.39 is 10.0 Å². The minimum Gasteiger partial charge on any atom is -0.265 e. The molecule has 0 saturated heterocycles. The van der Waals surface area contributed by atoms with Crippen LogP contribution in [-0.4, -0.2) is 13.4 Å². The molecule has 0 radical (unpaired) electrons. The van der Waals surface area contributed by atoms with Crippen molar-refractivity contribution < 1.29 is 8.42 Å². The summed E-state index contributed by atoms with van der Waals surface area (Å²) in [5.41, 5.74) is 1.63. The fraction of sp³-hybridized carbons (Fsp3) is 0.143. The van der Waals surface area contributed by atoms with E-state index in [-0.39, 0.29) is 17.9 Å². The second-order valence-electron chi connectivity index (χ2n) is 4.16. The minimum absolute atomic E-state index is 0.188. The van der Waals surface area contributed by atoms with Crippen molar-refractivity contribution in [1.82, 2.24) is 9.71 Å². The Morgan fingerprint density at radius 3 is 2.30 bits per heavy atom. The molecule has 0 atom stereocenters. The number of hydrogen-bond donors (Lipinski definition) is 1. The molecule has 6 heteroatoms. The molecule has 5 nitrogen and oxygen atoms in total. The topological polar surface area (TPSA) is 82.8 Å². The van der Waals surface area contributed by atoms with Crippen LogP contribution in [-0.2, 0) is 23.0 Å². The van der Waals surface area contributed by atoms with Gasteiger partial charge in [0.1, 0.15) is 0 Å². The van der Waals surface area contributed by atoms with Crippen LogP contribution >= 0.6 is 0 Å². The van der Waals surface area contributed by atoms with Crippen molar-refractivity contribution in [3.63, 3.8) is 0 Å². The molecular formula is C14H13N3O2S. The predicted molar refractivity (Wildman–Crippen MR) is 74.0 cm³/mol. The van der Waals surface area contributed by atoms with Crippen LogP contribution in [0.1, 0.15) is 11.1 Å². The van der Waals surface area contributed by atoms with E-state index in [1.54, 1.807) is 36.7 Å². The third-order valence-corrected chi connectivity index (χ3v) is 4.15. The Morgan fingerprint density at radius 2 is 1.70 bits per heavy atom. The molecule has 1 heterocycles. The van der Waals surface area contributed by atoms with Gasteiger partial charge in [-0.1, -0.05) is 12.1 Å². The average molecular weight is 287 g/mol. The number of sulfonamides is 1. The molecule has 0 saturated carbocycles. The van der Waals surface area contributed by atoms with E-state index in [0.717, 1.165) is 11.1 Å². The van der Waals surface area contributed by atoms with Crippen LogP contribution in [0, 0.1) is 11.3 Å². The van der Waals surface area contributed by atoms with E-state index in [4.69, 9.17) is 5.26 Å². The average Bonchev–Trinajstić information content (AvgIpc) is 2.47. The monoisotopic (exact) mass is 287 g/mol. The molecular weight excluding hydrogens is 274 g/mol. The summed E-state index contributed by atoms with van der Waals surface area (Å²) in [6.07, 6.45) is 3.49. The Hall–Kier alpha value is -2.23. The first-order valence-electron chi connectivity index (χ1n) is 5.96. The number of nitrogens with zero attached hydrogens (tertiary/aromatic N) is 2. The molecule has 0 spiro atoms. The second kappa shape index (κ2) is 6.28. The van der Waals surface area contributed by atoms with Crippen molar-refractivity contribution in [3.8, 4) is 6.07 Å². The van der Waals surface area contributed by atoms with Gasteiger partial charge in [-0.2, -0.15) is 5.26 Å². The Kier molecular flexibility index (Phi) is 4.45. The van der Waals surface area contributed by atoms with Gasteiger partial charge in [0.15, 0.2) is 0 Å². The van der Waals surface area contributed by atoms with Crippen LogP contribution in [0.2, 0.25) is 0 Å². The van der Waals surface area contributed by atoms with Crippen LogP contribution in [0.4, 0.5) is 0 Å². The van der Waals surface area contributed by atoms with Gasteiger partial charge in [-0.05, 0) is 35.4 Å². The largest absolute Gasteiger partial charge is 0.265 e. The summed E-state index contributed by atoms with van der Waals surface area (Å²) in [7, 11) is -3.54. The number of benzene rings is 1. The first-order valence-corrected chi connectivity index (χ1v) is 7.44. The lowest BCUT2D eigenvalue weighted by Crippen LogP contribution is -2.23. The van der Waals surface area contributed by atoms with Crippen molar-refractivity contribution in [1.29, 1.82) is 5.26 Å². The second-order valence-corrected chi connectivity index (χ2v) is 5.93. The van der Waals surface area contributed by atoms with E-state index in [1.807, 2.05) is 6.07 Å². The van der Waals surface area contributed by atoms with Gasteiger partial charge in [0.2, 0.25) is 10.0 Å². The Balaban J connectivity index is 2.08. The van der Waals surface area contributed by atoms with Crippen LogP contribution in [0.3, 0.4) is 0 Å². The lowest BCUT2D eigenvalue weighted by atomic mass is 10.2. The van der Waals surface area contributed by atoms with E-state index in [0.29, 0.717) is 0 Å². The maximum absolute atomic E-state index is 12.1. The molecule has 0 fully saturated rings. The Morgan fingerprint density at radius 1 is 1.05 bits per heavy atom. The lowest BCUT2D eigenvalue weighted by molar-refractivity contribution is 0.581. The van der Waals surface area contributed by atoms with Crippen molar-refractivity contribution in [3.05, 3.63) is 59.9 Å². The molecule has 0 aliphatic rings. The summed E-state index contributed by atoms with van der Waals surface area (Å²) >= 11 is 0. The summed E-state index contributed by atoms with van der Waals surface area (Å²) < 4.78 is 26.7. The van der Waals surface area contributed by atoms with E-state index in [9.17, 15) is 8.42 Å². The highest BCUT2D eigenvalue weighted by Gasteiger charge is 2.13. The Bertz CT molecular complexity index is 704. The first kappa shape index (κ1) is 14.2. The first-order chi connectivity index (χ1) is 9.62. The van der Waals surface area contributed by atoms with Crippen LogP contribution in [0.25, 0.3) is 0 Å². The molecule has 1 aromatic carbocycles. The highest BCUT2D eigenvalue weighted by molar-refractivity contribution is 7.89. The predicted octanol–water partition coefficient (Wildman–Crippen LogP) is 1.63. The van der Waals surface area contributed by atoms with E-state index in [1.165, 1.54) is 12.1 Å². The number of aromatic nitrogens is 1. The summed E-state index contributed by atoms with van der Waals surface area (Å²) in [4.78, 5) is 4.06. The van der Waals surface area contributed by atoms with E-state index >= 15 is 0 Å². The quantitative estimate of drug-likeness (QED) is 0.906. The maximum atomic E-state index is 12.1. The zero-order valence-electron chi connectivity index (χ0n) is 10.7. The number of nitrogens with one attached hydrogen (secondary N) is 1. The number of pyridine rings is 1. The number of rotatable bonds is 5. The Labute approximate surface area is 118 Å². The molecule has 0 unspecified atom stereocenters. The zero-order chi connectivity index (χ0) is 14.4. The van der Waals surface area contributed by atoms with Gasteiger partial charge in [-0.3, -0.25) is 4.98 Å². The summed E-state index contributed by atoms with van der Waals surface area (Å²) in [5.74, 6) is 0. The van der Waals surface area contributed by atoms with Crippen molar-refractivity contribution in [2.45, 2.75) is 17.9 Å².